The number of aryl methyl sites for hydroxylation is 6. The van der Waals surface area contributed by atoms with E-state index in [2.05, 4.69) is 101 Å². The SMILES string of the molecule is CCC.Cc1cc2c(cc1Nc1ncc3c(n1)n(C1CCSC1)c(=O)n3C)OCO2.Cc1cc2ncccc2cc1Nc1ncc2c(n1)n(C1CCS(C)(C)CC1)c(=O)n2C.Cc1cc2nsnc2cc1Nc1ncc2c(n1)n(C1CCS(C)(C)CC1)c(=O)n2C. The minimum atomic E-state index is -0.527. The van der Waals surface area contributed by atoms with Gasteiger partial charge in [-0.1, -0.05) is 26.3 Å². The molecule has 11 aromatic rings. The van der Waals surface area contributed by atoms with Gasteiger partial charge in [0.1, 0.15) is 27.6 Å². The van der Waals surface area contributed by atoms with Crippen molar-refractivity contribution < 1.29 is 9.47 Å². The Kier molecular flexibility index (Phi) is 18.0. The Bertz CT molecular complexity index is 4710. The predicted molar refractivity (Wildman–Crippen MR) is 376 cm³/mol. The van der Waals surface area contributed by atoms with Crippen molar-refractivity contribution in [3.63, 3.8) is 0 Å². The van der Waals surface area contributed by atoms with Crippen molar-refractivity contribution in [1.82, 2.24) is 71.0 Å². The van der Waals surface area contributed by atoms with Crippen LogP contribution >= 0.6 is 43.5 Å². The van der Waals surface area contributed by atoms with Crippen molar-refractivity contribution in [1.29, 1.82) is 0 Å². The standard InChI is InChI=1S/C23H28N6OS.C20H25N7OS2.C18H19N5O3S.C3H8/c1-15-12-19-16(6-5-9-24-19)13-18(15)26-22-25-14-20-21(27-22)29(23(30)28(20)2)17-7-10-31(3,4)11-8-17;1-12-9-15-16(25-29-24-15)10-14(12)22-19-21-11-17-18(23-19)27(20(28)26(17)2)13-5-7-30(3,4)8-6-13;1-10-5-14-15(26-9-25-14)6-12(10)20-17-19-7-13-16(21-17)23(18(24)22(13)2)11-3-4-27-8-11;1-3-2/h5-6,9,12-14,17H,7-8,10-11H2,1-4H3,(H,25,26,27);9-11,13H,5-8H2,1-4H3,(H,21,22,23);5-7,11H,3-4,8-9H2,1-2H3,(H,19,20,21);3H2,1-2H3. The highest BCUT2D eigenvalue weighted by Crippen LogP contribution is 2.49. The third-order valence-corrected chi connectivity index (χ3v) is 24.6. The van der Waals surface area contributed by atoms with Gasteiger partial charge in [-0.3, -0.25) is 32.4 Å². The summed E-state index contributed by atoms with van der Waals surface area (Å²) in [7, 11) is 4.31. The third-order valence-electron chi connectivity index (χ3n) is 17.5. The highest BCUT2D eigenvalue weighted by atomic mass is 32.3. The molecular weight excluding hydrogens is 1230 g/mol. The number of anilines is 6. The Labute approximate surface area is 538 Å². The fourth-order valence-electron chi connectivity index (χ4n) is 12.1. The molecule has 0 aliphatic carbocycles. The van der Waals surface area contributed by atoms with Crippen LogP contribution in [0.25, 0.3) is 55.4 Å². The predicted octanol–water partition coefficient (Wildman–Crippen LogP) is 11.7. The molecule has 0 amide bonds. The molecular formula is C64H80N18O5S4. The first-order chi connectivity index (χ1) is 43.7. The maximum Gasteiger partial charge on any atom is 0.330 e. The number of hydrogen-bond acceptors (Lipinski definition) is 19. The molecule has 91 heavy (non-hydrogen) atoms. The van der Waals surface area contributed by atoms with Crippen molar-refractivity contribution in [2.75, 3.05) is 82.3 Å². The van der Waals surface area contributed by atoms with Crippen LogP contribution in [0.15, 0.2) is 87.7 Å². The lowest BCUT2D eigenvalue weighted by atomic mass is 10.1. The second kappa shape index (κ2) is 25.9. The number of hydrogen-bond donors (Lipinski definition) is 3. The summed E-state index contributed by atoms with van der Waals surface area (Å²) in [5.74, 6) is 9.65. The van der Waals surface area contributed by atoms with E-state index >= 15 is 0 Å². The largest absolute Gasteiger partial charge is 0.454 e. The molecule has 3 saturated heterocycles. The van der Waals surface area contributed by atoms with Gasteiger partial charge in [-0.25, -0.2) is 49.4 Å². The molecule has 0 spiro atoms. The lowest BCUT2D eigenvalue weighted by Crippen LogP contribution is -2.31. The first-order valence-electron chi connectivity index (χ1n) is 30.7. The summed E-state index contributed by atoms with van der Waals surface area (Å²) < 4.78 is 30.0. The molecule has 4 aliphatic heterocycles. The van der Waals surface area contributed by atoms with Gasteiger partial charge < -0.3 is 25.4 Å². The van der Waals surface area contributed by atoms with Gasteiger partial charge in [0.2, 0.25) is 24.6 Å². The monoisotopic (exact) mass is 1310 g/mol. The Morgan fingerprint density at radius 1 is 0.538 bits per heavy atom. The summed E-state index contributed by atoms with van der Waals surface area (Å²) in [5, 5.41) is 11.0. The van der Waals surface area contributed by atoms with Crippen LogP contribution in [-0.2, 0) is 21.1 Å². The zero-order valence-corrected chi connectivity index (χ0v) is 57.0. The van der Waals surface area contributed by atoms with E-state index in [1.807, 2.05) is 82.6 Å². The van der Waals surface area contributed by atoms with E-state index in [1.165, 1.54) is 41.2 Å². The van der Waals surface area contributed by atoms with Crippen LogP contribution in [0.2, 0.25) is 0 Å². The van der Waals surface area contributed by atoms with Crippen LogP contribution in [0, 0.1) is 20.8 Å². The third kappa shape index (κ3) is 13.0. The average Bonchev–Trinajstić information content (AvgIpc) is 1.65. The van der Waals surface area contributed by atoms with Crippen LogP contribution < -0.4 is 42.5 Å². The summed E-state index contributed by atoms with van der Waals surface area (Å²) in [6.45, 7) is 10.5. The number of benzene rings is 3. The molecule has 4 aliphatic rings. The van der Waals surface area contributed by atoms with Gasteiger partial charge in [0.15, 0.2) is 28.4 Å². The van der Waals surface area contributed by atoms with Gasteiger partial charge >= 0.3 is 17.1 Å². The van der Waals surface area contributed by atoms with E-state index in [-0.39, 0.29) is 42.0 Å². The molecule has 0 radical (unpaired) electrons. The van der Waals surface area contributed by atoms with E-state index in [9.17, 15) is 14.4 Å². The molecule has 0 saturated carbocycles. The van der Waals surface area contributed by atoms with Crippen molar-refractivity contribution in [3.8, 4) is 11.5 Å². The van der Waals surface area contributed by atoms with Crippen molar-refractivity contribution in [2.45, 2.75) is 91.3 Å². The molecule has 0 bridgehead atoms. The Hall–Kier alpha value is -8.01. The van der Waals surface area contributed by atoms with E-state index in [0.717, 1.165) is 122 Å². The molecule has 27 heteroatoms. The quantitative estimate of drug-likeness (QED) is 0.121. The van der Waals surface area contributed by atoms with Crippen LogP contribution in [0.1, 0.15) is 87.2 Å². The zero-order chi connectivity index (χ0) is 64.0. The topological polar surface area (TPSA) is 251 Å². The number of ether oxygens (including phenoxy) is 2. The van der Waals surface area contributed by atoms with Crippen LogP contribution in [0.3, 0.4) is 0 Å². The molecule has 3 fully saturated rings. The molecule has 480 valence electrons. The number of nitrogens with zero attached hydrogens (tertiary/aromatic N) is 15. The lowest BCUT2D eigenvalue weighted by molar-refractivity contribution is 0.174. The number of fused-ring (bicyclic) bond motifs is 6. The van der Waals surface area contributed by atoms with Crippen LogP contribution in [0.4, 0.5) is 34.9 Å². The summed E-state index contributed by atoms with van der Waals surface area (Å²) in [6.07, 6.45) is 22.9. The van der Waals surface area contributed by atoms with E-state index < -0.39 is 20.1 Å². The molecule has 15 rings (SSSR count). The molecule has 1 unspecified atom stereocenters. The average molecular weight is 1310 g/mol. The van der Waals surface area contributed by atoms with Crippen molar-refractivity contribution >= 4 is 134 Å². The molecule has 1 atom stereocenters. The molecule has 8 aromatic heterocycles. The fraction of sp³-hybridized carbons (Fsp3) is 0.438. The number of nitrogens with one attached hydrogen (secondary N) is 3. The summed E-state index contributed by atoms with van der Waals surface area (Å²) in [4.78, 5) is 70.8. The zero-order valence-electron chi connectivity index (χ0n) is 53.7. The number of pyridine rings is 1. The molecule has 3 aromatic carbocycles. The first-order valence-corrected chi connectivity index (χ1v) is 38.2. The van der Waals surface area contributed by atoms with Crippen molar-refractivity contribution in [2.24, 2.45) is 21.1 Å². The summed E-state index contributed by atoms with van der Waals surface area (Å²) in [6, 6.07) is 16.5. The van der Waals surface area contributed by atoms with Gasteiger partial charge in [-0.2, -0.15) is 35.5 Å². The molecule has 12 heterocycles. The lowest BCUT2D eigenvalue weighted by Gasteiger charge is -2.39. The highest BCUT2D eigenvalue weighted by Gasteiger charge is 2.31. The Morgan fingerprint density at radius 3 is 1.43 bits per heavy atom. The summed E-state index contributed by atoms with van der Waals surface area (Å²) >= 11 is 3.07. The van der Waals surface area contributed by atoms with E-state index in [0.29, 0.717) is 40.5 Å². The number of rotatable bonds is 9. The number of thioether (sulfide) groups is 1. The fourth-order valence-corrected chi connectivity index (χ4v) is 17.9. The second-order valence-corrected chi connectivity index (χ2v) is 35.4. The van der Waals surface area contributed by atoms with Gasteiger partial charge in [0.05, 0.1) is 41.9 Å². The first kappa shape index (κ1) is 63.2. The minimum absolute atomic E-state index is 0.00545. The smallest absolute Gasteiger partial charge is 0.330 e. The number of aromatic nitrogens is 15. The Balaban J connectivity index is 0.000000129. The van der Waals surface area contributed by atoms with Gasteiger partial charge in [0, 0.05) is 73.7 Å². The van der Waals surface area contributed by atoms with Crippen LogP contribution in [0.5, 0.6) is 11.5 Å². The highest BCUT2D eigenvalue weighted by molar-refractivity contribution is 8.33. The number of imidazole rings is 3. The van der Waals surface area contributed by atoms with Gasteiger partial charge in [0.25, 0.3) is 0 Å². The summed E-state index contributed by atoms with van der Waals surface area (Å²) in [5.41, 5.74) is 12.8. The maximum atomic E-state index is 13.1. The van der Waals surface area contributed by atoms with E-state index in [1.54, 1.807) is 59.6 Å². The van der Waals surface area contributed by atoms with E-state index in [4.69, 9.17) is 19.4 Å². The van der Waals surface area contributed by atoms with Gasteiger partial charge in [-0.15, -0.1) is 0 Å². The minimum Gasteiger partial charge on any atom is -0.454 e. The second-order valence-electron chi connectivity index (χ2n) is 25.1. The van der Waals surface area contributed by atoms with Crippen LogP contribution in [-0.4, -0.2) is 137 Å². The Morgan fingerprint density at radius 2 is 0.956 bits per heavy atom. The normalized spacial score (nSPS) is 17.7. The van der Waals surface area contributed by atoms with Crippen molar-refractivity contribution in [3.05, 3.63) is 121 Å². The maximum absolute atomic E-state index is 13.1. The molecule has 23 nitrogen and oxygen atoms in total. The van der Waals surface area contributed by atoms with Gasteiger partial charge in [-0.05, 0) is 160 Å². The molecule has 3 N–H and O–H groups in total.